The molecular weight excluding hydrogens is 450 g/mol. The van der Waals surface area contributed by atoms with E-state index >= 15 is 0 Å². The summed E-state index contributed by atoms with van der Waals surface area (Å²) in [5.74, 6) is -0.689. The SMILES string of the molecule is CCOc1cc(C(=O)OCC(=O)N(CC#N)c2ccccc2)ccc1OCC(=O)N1CCCCC1. The van der Waals surface area contributed by atoms with E-state index in [1.807, 2.05) is 6.07 Å². The average Bonchev–Trinajstić information content (AvgIpc) is 2.90. The van der Waals surface area contributed by atoms with E-state index in [1.54, 1.807) is 48.2 Å². The molecule has 2 aromatic carbocycles. The van der Waals surface area contributed by atoms with Crippen molar-refractivity contribution in [1.82, 2.24) is 4.90 Å². The number of rotatable bonds is 10. The number of nitrogens with zero attached hydrogens (tertiary/aromatic N) is 3. The molecular formula is C26H29N3O6. The first-order valence-corrected chi connectivity index (χ1v) is 11.6. The van der Waals surface area contributed by atoms with Crippen molar-refractivity contribution in [3.8, 4) is 17.6 Å². The number of anilines is 1. The van der Waals surface area contributed by atoms with Crippen LogP contribution in [0.3, 0.4) is 0 Å². The van der Waals surface area contributed by atoms with Gasteiger partial charge < -0.3 is 19.1 Å². The van der Waals surface area contributed by atoms with Crippen LogP contribution >= 0.6 is 0 Å². The number of carbonyl (C=O) groups excluding carboxylic acids is 3. The predicted molar refractivity (Wildman–Crippen MR) is 128 cm³/mol. The molecule has 9 nitrogen and oxygen atoms in total. The summed E-state index contributed by atoms with van der Waals surface area (Å²) >= 11 is 0. The molecule has 1 fully saturated rings. The molecule has 184 valence electrons. The maximum absolute atomic E-state index is 12.6. The zero-order valence-electron chi connectivity index (χ0n) is 19.8. The quantitative estimate of drug-likeness (QED) is 0.380. The minimum absolute atomic E-state index is 0.0884. The molecule has 2 amide bonds. The minimum Gasteiger partial charge on any atom is -0.490 e. The monoisotopic (exact) mass is 479 g/mol. The lowest BCUT2D eigenvalue weighted by molar-refractivity contribution is -0.134. The third-order valence-corrected chi connectivity index (χ3v) is 5.46. The number of carbonyl (C=O) groups is 3. The minimum atomic E-state index is -0.722. The van der Waals surface area contributed by atoms with Gasteiger partial charge in [-0.15, -0.1) is 0 Å². The first kappa shape index (κ1) is 25.6. The number of piperidine rings is 1. The van der Waals surface area contributed by atoms with Crippen molar-refractivity contribution < 1.29 is 28.6 Å². The number of hydrogen-bond donors (Lipinski definition) is 0. The molecule has 3 rings (SSSR count). The van der Waals surface area contributed by atoms with Gasteiger partial charge >= 0.3 is 5.97 Å². The van der Waals surface area contributed by atoms with Gasteiger partial charge in [0.1, 0.15) is 6.54 Å². The lowest BCUT2D eigenvalue weighted by Gasteiger charge is -2.26. The van der Waals surface area contributed by atoms with Crippen LogP contribution in [0.1, 0.15) is 36.5 Å². The molecule has 0 aromatic heterocycles. The van der Waals surface area contributed by atoms with Crippen LogP contribution in [-0.4, -0.2) is 62.1 Å². The van der Waals surface area contributed by atoms with E-state index in [4.69, 9.17) is 19.5 Å². The Morgan fingerprint density at radius 2 is 1.71 bits per heavy atom. The summed E-state index contributed by atoms with van der Waals surface area (Å²) in [7, 11) is 0. The van der Waals surface area contributed by atoms with E-state index in [-0.39, 0.29) is 24.6 Å². The van der Waals surface area contributed by atoms with E-state index < -0.39 is 18.5 Å². The van der Waals surface area contributed by atoms with Crippen LogP contribution in [0.5, 0.6) is 11.5 Å². The number of ether oxygens (including phenoxy) is 3. The van der Waals surface area contributed by atoms with Gasteiger partial charge in [0.15, 0.2) is 24.7 Å². The third-order valence-electron chi connectivity index (χ3n) is 5.46. The summed E-state index contributed by atoms with van der Waals surface area (Å²) in [4.78, 5) is 40.6. The first-order chi connectivity index (χ1) is 17.0. The fourth-order valence-electron chi connectivity index (χ4n) is 3.69. The van der Waals surface area contributed by atoms with Gasteiger partial charge in [-0.05, 0) is 56.5 Å². The maximum Gasteiger partial charge on any atom is 0.338 e. The number of hydrogen-bond acceptors (Lipinski definition) is 7. The van der Waals surface area contributed by atoms with Crippen molar-refractivity contribution in [2.75, 3.05) is 44.4 Å². The highest BCUT2D eigenvalue weighted by atomic mass is 16.5. The molecule has 2 aromatic rings. The Balaban J connectivity index is 1.61. The van der Waals surface area contributed by atoms with E-state index in [2.05, 4.69) is 0 Å². The number of amides is 2. The van der Waals surface area contributed by atoms with Gasteiger partial charge in [-0.1, -0.05) is 18.2 Å². The summed E-state index contributed by atoms with van der Waals surface area (Å²) in [6, 6.07) is 15.1. The van der Waals surface area contributed by atoms with Crippen molar-refractivity contribution in [1.29, 1.82) is 5.26 Å². The zero-order valence-corrected chi connectivity index (χ0v) is 19.8. The molecule has 35 heavy (non-hydrogen) atoms. The molecule has 0 saturated carbocycles. The fourth-order valence-corrected chi connectivity index (χ4v) is 3.69. The second-order valence-electron chi connectivity index (χ2n) is 7.87. The van der Waals surface area contributed by atoms with E-state index in [0.717, 1.165) is 32.4 Å². The summed E-state index contributed by atoms with van der Waals surface area (Å²) in [5, 5.41) is 9.06. The van der Waals surface area contributed by atoms with Gasteiger partial charge in [0, 0.05) is 18.8 Å². The highest BCUT2D eigenvalue weighted by molar-refractivity contribution is 5.97. The smallest absolute Gasteiger partial charge is 0.338 e. The lowest BCUT2D eigenvalue weighted by atomic mass is 10.1. The van der Waals surface area contributed by atoms with Crippen LogP contribution < -0.4 is 14.4 Å². The van der Waals surface area contributed by atoms with Crippen molar-refractivity contribution in [3.63, 3.8) is 0 Å². The topological polar surface area (TPSA) is 109 Å². The van der Waals surface area contributed by atoms with Crippen LogP contribution in [0.25, 0.3) is 0 Å². The first-order valence-electron chi connectivity index (χ1n) is 11.6. The van der Waals surface area contributed by atoms with Gasteiger partial charge in [-0.2, -0.15) is 5.26 Å². The highest BCUT2D eigenvalue weighted by Crippen LogP contribution is 2.29. The average molecular weight is 480 g/mol. The van der Waals surface area contributed by atoms with Gasteiger partial charge in [0.05, 0.1) is 18.2 Å². The van der Waals surface area contributed by atoms with Crippen LogP contribution in [-0.2, 0) is 14.3 Å². The number of nitriles is 1. The van der Waals surface area contributed by atoms with Crippen molar-refractivity contribution in [3.05, 3.63) is 54.1 Å². The summed E-state index contributed by atoms with van der Waals surface area (Å²) < 4.78 is 16.5. The van der Waals surface area contributed by atoms with Gasteiger partial charge in [-0.3, -0.25) is 14.5 Å². The molecule has 9 heteroatoms. The maximum atomic E-state index is 12.6. The van der Waals surface area contributed by atoms with Crippen molar-refractivity contribution >= 4 is 23.5 Å². The Labute approximate surface area is 204 Å². The summed E-state index contributed by atoms with van der Waals surface area (Å²) in [6.45, 7) is 2.78. The second kappa shape index (κ2) is 13.0. The predicted octanol–water partition coefficient (Wildman–Crippen LogP) is 3.19. The molecule has 0 aliphatic carbocycles. The molecule has 0 radical (unpaired) electrons. The van der Waals surface area contributed by atoms with Crippen molar-refractivity contribution in [2.45, 2.75) is 26.2 Å². The second-order valence-corrected chi connectivity index (χ2v) is 7.87. The molecule has 0 atom stereocenters. The van der Waals surface area contributed by atoms with Crippen LogP contribution in [0.4, 0.5) is 5.69 Å². The number of para-hydroxylation sites is 1. The largest absolute Gasteiger partial charge is 0.490 e. The normalized spacial score (nSPS) is 12.9. The Morgan fingerprint density at radius 1 is 0.971 bits per heavy atom. The summed E-state index contributed by atoms with van der Waals surface area (Å²) in [6.07, 6.45) is 3.12. The van der Waals surface area contributed by atoms with E-state index in [1.165, 1.54) is 17.0 Å². The number of esters is 1. The Kier molecular flexibility index (Phi) is 9.49. The molecule has 0 unspecified atom stereocenters. The van der Waals surface area contributed by atoms with Crippen LogP contribution in [0.15, 0.2) is 48.5 Å². The van der Waals surface area contributed by atoms with Gasteiger partial charge in [0.25, 0.3) is 11.8 Å². The number of benzene rings is 2. The highest BCUT2D eigenvalue weighted by Gasteiger charge is 2.21. The number of likely N-dealkylation sites (tertiary alicyclic amines) is 1. The van der Waals surface area contributed by atoms with Gasteiger partial charge in [0.2, 0.25) is 0 Å². The molecule has 1 heterocycles. The molecule has 1 saturated heterocycles. The lowest BCUT2D eigenvalue weighted by Crippen LogP contribution is -2.38. The molecule has 0 N–H and O–H groups in total. The standard InChI is InChI=1S/C26H29N3O6/c1-2-33-23-17-20(11-12-22(23)34-18-24(30)28-14-7-4-8-15-28)26(32)35-19-25(31)29(16-13-27)21-9-5-3-6-10-21/h3,5-6,9-12,17H,2,4,7-8,14-16,18-19H2,1H3. The molecule has 1 aliphatic heterocycles. The molecule has 1 aliphatic rings. The molecule has 0 spiro atoms. The van der Waals surface area contributed by atoms with Crippen molar-refractivity contribution in [2.24, 2.45) is 0 Å². The van der Waals surface area contributed by atoms with E-state index in [9.17, 15) is 14.4 Å². The van der Waals surface area contributed by atoms with Gasteiger partial charge in [-0.25, -0.2) is 4.79 Å². The summed E-state index contributed by atoms with van der Waals surface area (Å²) in [5.41, 5.74) is 0.705. The Hall–Kier alpha value is -4.06. The zero-order chi connectivity index (χ0) is 25.0. The Bertz CT molecular complexity index is 1060. The molecule has 0 bridgehead atoms. The fraction of sp³-hybridized carbons (Fsp3) is 0.385. The third kappa shape index (κ3) is 7.21. The van der Waals surface area contributed by atoms with Crippen LogP contribution in [0.2, 0.25) is 0 Å². The van der Waals surface area contributed by atoms with E-state index in [0.29, 0.717) is 23.8 Å². The Morgan fingerprint density at radius 3 is 2.40 bits per heavy atom. The van der Waals surface area contributed by atoms with Crippen LogP contribution in [0, 0.1) is 11.3 Å².